The van der Waals surface area contributed by atoms with Crippen molar-refractivity contribution in [2.24, 2.45) is 0 Å². The van der Waals surface area contributed by atoms with E-state index in [0.717, 1.165) is 5.56 Å². The van der Waals surface area contributed by atoms with E-state index < -0.39 is 10.5 Å². The average Bonchev–Trinajstić information content (AvgIpc) is 2.57. The fraction of sp³-hybridized carbons (Fsp3) is 0.632. The van der Waals surface area contributed by atoms with E-state index in [1.54, 1.807) is 17.9 Å². The van der Waals surface area contributed by atoms with Gasteiger partial charge in [-0.25, -0.2) is 4.79 Å². The van der Waals surface area contributed by atoms with Crippen LogP contribution in [-0.4, -0.2) is 39.7 Å². The standard InChI is InChI=1S/C17H24N2O5.C2H6/c1-11-9-13(10-14(15(11)20)19(22)23)12-5-7-18(8-6-12)16(21)24-17(2,3)4;1-2/h9-10,12,20H,5-8H2,1-4H3;1-2H3. The minimum atomic E-state index is -0.568. The summed E-state index contributed by atoms with van der Waals surface area (Å²) >= 11 is 0. The maximum absolute atomic E-state index is 12.1. The van der Waals surface area contributed by atoms with Crippen LogP contribution in [0, 0.1) is 17.0 Å². The number of aromatic hydroxyl groups is 1. The molecule has 7 nitrogen and oxygen atoms in total. The SMILES string of the molecule is CC.Cc1cc(C2CCN(C(=O)OC(C)(C)C)CC2)cc([N+](=O)[O-])c1O. The molecule has 1 aromatic carbocycles. The number of ether oxygens (including phenoxy) is 1. The summed E-state index contributed by atoms with van der Waals surface area (Å²) in [4.78, 5) is 24.2. The van der Waals surface area contributed by atoms with Gasteiger partial charge in [-0.1, -0.05) is 19.9 Å². The number of carbonyl (C=O) groups excluding carboxylic acids is 1. The Bertz CT molecular complexity index is 644. The molecule has 0 aromatic heterocycles. The van der Waals surface area contributed by atoms with Gasteiger partial charge in [0.1, 0.15) is 5.60 Å². The lowest BCUT2D eigenvalue weighted by Crippen LogP contribution is -2.41. The number of piperidine rings is 1. The van der Waals surface area contributed by atoms with Crippen molar-refractivity contribution in [3.05, 3.63) is 33.4 Å². The molecule has 1 aliphatic heterocycles. The lowest BCUT2D eigenvalue weighted by molar-refractivity contribution is -0.386. The molecule has 0 atom stereocenters. The zero-order chi connectivity index (χ0) is 20.1. The van der Waals surface area contributed by atoms with E-state index in [4.69, 9.17) is 4.74 Å². The van der Waals surface area contributed by atoms with Gasteiger partial charge in [-0.15, -0.1) is 0 Å². The summed E-state index contributed by atoms with van der Waals surface area (Å²) in [7, 11) is 0. The third kappa shape index (κ3) is 5.61. The highest BCUT2D eigenvalue weighted by Crippen LogP contribution is 2.36. The van der Waals surface area contributed by atoms with Crippen LogP contribution < -0.4 is 0 Å². The second kappa shape index (κ2) is 8.87. The number of benzene rings is 1. The van der Waals surface area contributed by atoms with E-state index in [9.17, 15) is 20.0 Å². The fourth-order valence-electron chi connectivity index (χ4n) is 2.89. The van der Waals surface area contributed by atoms with Crippen molar-refractivity contribution in [1.82, 2.24) is 4.90 Å². The van der Waals surface area contributed by atoms with Crippen molar-refractivity contribution < 1.29 is 19.6 Å². The number of carbonyl (C=O) groups is 1. The smallest absolute Gasteiger partial charge is 0.410 e. The predicted molar refractivity (Wildman–Crippen MR) is 101 cm³/mol. The monoisotopic (exact) mass is 366 g/mol. The first kappa shape index (κ1) is 21.7. The zero-order valence-electron chi connectivity index (χ0n) is 16.5. The van der Waals surface area contributed by atoms with Crippen molar-refractivity contribution in [1.29, 1.82) is 0 Å². The number of nitro benzene ring substituents is 1. The number of hydrogen-bond acceptors (Lipinski definition) is 5. The molecule has 1 fully saturated rings. The number of nitrogens with zero attached hydrogens (tertiary/aromatic N) is 2. The van der Waals surface area contributed by atoms with Gasteiger partial charge in [0.05, 0.1) is 4.92 Å². The van der Waals surface area contributed by atoms with Crippen LogP contribution in [-0.2, 0) is 4.74 Å². The van der Waals surface area contributed by atoms with E-state index in [0.29, 0.717) is 31.5 Å². The van der Waals surface area contributed by atoms with Gasteiger partial charge in [0.25, 0.3) is 0 Å². The molecule has 0 radical (unpaired) electrons. The summed E-state index contributed by atoms with van der Waals surface area (Å²) in [5, 5.41) is 20.9. The molecule has 1 heterocycles. The van der Waals surface area contributed by atoms with Crippen molar-refractivity contribution in [2.45, 2.75) is 65.9 Å². The number of likely N-dealkylation sites (tertiary alicyclic amines) is 1. The maximum atomic E-state index is 12.1. The molecule has 146 valence electrons. The Morgan fingerprint density at radius 3 is 2.27 bits per heavy atom. The molecule has 1 N–H and O–H groups in total. The first-order valence-corrected chi connectivity index (χ1v) is 9.04. The second-order valence-corrected chi connectivity index (χ2v) is 7.20. The Kier molecular flexibility index (Phi) is 7.41. The molecule has 0 unspecified atom stereocenters. The number of aryl methyl sites for hydroxylation is 1. The largest absolute Gasteiger partial charge is 0.502 e. The van der Waals surface area contributed by atoms with Crippen LogP contribution in [0.5, 0.6) is 5.75 Å². The summed E-state index contributed by atoms with van der Waals surface area (Å²) in [5.41, 5.74) is 0.539. The van der Waals surface area contributed by atoms with Crippen LogP contribution in [0.2, 0.25) is 0 Å². The van der Waals surface area contributed by atoms with Crippen LogP contribution in [0.25, 0.3) is 0 Å². The van der Waals surface area contributed by atoms with E-state index in [1.807, 2.05) is 34.6 Å². The summed E-state index contributed by atoms with van der Waals surface area (Å²) < 4.78 is 5.37. The number of nitro groups is 1. The Balaban J connectivity index is 0.00000163. The quantitative estimate of drug-likeness (QED) is 0.602. The molecule has 0 bridgehead atoms. The highest BCUT2D eigenvalue weighted by atomic mass is 16.6. The summed E-state index contributed by atoms with van der Waals surface area (Å²) in [6.07, 6.45) is 1.09. The van der Waals surface area contributed by atoms with Gasteiger partial charge in [0.2, 0.25) is 0 Å². The molecule has 1 aromatic rings. The van der Waals surface area contributed by atoms with E-state index in [2.05, 4.69) is 0 Å². The minimum Gasteiger partial charge on any atom is -0.502 e. The molecule has 1 aliphatic rings. The molecule has 7 heteroatoms. The molecule has 1 amide bonds. The Hall–Kier alpha value is -2.31. The van der Waals surface area contributed by atoms with Gasteiger partial charge in [0.15, 0.2) is 5.75 Å². The average molecular weight is 366 g/mol. The molecule has 0 saturated carbocycles. The van der Waals surface area contributed by atoms with Gasteiger partial charge in [0, 0.05) is 19.2 Å². The summed E-state index contributed by atoms with van der Waals surface area (Å²) in [6, 6.07) is 3.23. The zero-order valence-corrected chi connectivity index (χ0v) is 16.5. The first-order valence-electron chi connectivity index (χ1n) is 9.04. The van der Waals surface area contributed by atoms with Crippen molar-refractivity contribution in [3.8, 4) is 5.75 Å². The summed E-state index contributed by atoms with van der Waals surface area (Å²) in [5.74, 6) is -0.156. The number of phenols is 1. The molecule has 0 spiro atoms. The van der Waals surface area contributed by atoms with E-state index in [-0.39, 0.29) is 23.4 Å². The third-order valence-electron chi connectivity index (χ3n) is 4.12. The number of hydrogen-bond donors (Lipinski definition) is 1. The van der Waals surface area contributed by atoms with Crippen molar-refractivity contribution in [2.75, 3.05) is 13.1 Å². The fourth-order valence-corrected chi connectivity index (χ4v) is 2.89. The highest BCUT2D eigenvalue weighted by molar-refractivity contribution is 5.68. The number of amides is 1. The lowest BCUT2D eigenvalue weighted by atomic mass is 9.88. The van der Waals surface area contributed by atoms with Crippen LogP contribution in [0.4, 0.5) is 10.5 Å². The molecule has 2 rings (SSSR count). The van der Waals surface area contributed by atoms with Gasteiger partial charge < -0.3 is 14.7 Å². The van der Waals surface area contributed by atoms with Crippen LogP contribution >= 0.6 is 0 Å². The first-order chi connectivity index (χ1) is 12.1. The van der Waals surface area contributed by atoms with Gasteiger partial charge in [-0.05, 0) is 57.6 Å². The lowest BCUT2D eigenvalue weighted by Gasteiger charge is -2.33. The Morgan fingerprint density at radius 1 is 1.27 bits per heavy atom. The number of phenolic OH excluding ortho intramolecular Hbond substituents is 1. The Labute approximate surface area is 155 Å². The predicted octanol–water partition coefficient (Wildman–Crippen LogP) is 4.75. The minimum absolute atomic E-state index is 0.127. The topological polar surface area (TPSA) is 92.9 Å². The van der Waals surface area contributed by atoms with E-state index >= 15 is 0 Å². The molecular weight excluding hydrogens is 336 g/mol. The number of rotatable bonds is 2. The maximum Gasteiger partial charge on any atom is 0.410 e. The highest BCUT2D eigenvalue weighted by Gasteiger charge is 2.29. The second-order valence-electron chi connectivity index (χ2n) is 7.20. The summed E-state index contributed by atoms with van der Waals surface area (Å²) in [6.45, 7) is 12.2. The van der Waals surface area contributed by atoms with Gasteiger partial charge in [-0.2, -0.15) is 0 Å². The normalized spacial score (nSPS) is 15.1. The van der Waals surface area contributed by atoms with Crippen molar-refractivity contribution in [3.63, 3.8) is 0 Å². The third-order valence-corrected chi connectivity index (χ3v) is 4.12. The van der Waals surface area contributed by atoms with Crippen molar-refractivity contribution >= 4 is 11.8 Å². The molecule has 1 saturated heterocycles. The van der Waals surface area contributed by atoms with E-state index in [1.165, 1.54) is 6.07 Å². The van der Waals surface area contributed by atoms with Crippen LogP contribution in [0.15, 0.2) is 12.1 Å². The van der Waals surface area contributed by atoms with Crippen LogP contribution in [0.1, 0.15) is 64.5 Å². The molecule has 0 aliphatic carbocycles. The van der Waals surface area contributed by atoms with Gasteiger partial charge in [-0.3, -0.25) is 10.1 Å². The van der Waals surface area contributed by atoms with Gasteiger partial charge >= 0.3 is 11.8 Å². The molecular formula is C19H30N2O5. The molecule has 26 heavy (non-hydrogen) atoms. The van der Waals surface area contributed by atoms with Crippen LogP contribution in [0.3, 0.4) is 0 Å². The Morgan fingerprint density at radius 2 is 1.81 bits per heavy atom.